The van der Waals surface area contributed by atoms with Crippen LogP contribution >= 0.6 is 0 Å². The largest absolute Gasteiger partial charge is 1.00 e. The van der Waals surface area contributed by atoms with Crippen LogP contribution in [0.25, 0.3) is 0 Å². The van der Waals surface area contributed by atoms with Crippen LogP contribution < -0.4 is 34.7 Å². The maximum Gasteiger partial charge on any atom is 1.00 e. The van der Waals surface area contributed by atoms with Crippen molar-refractivity contribution in [3.8, 4) is 0 Å². The SMILES string of the molecule is CCCCCCCCCCC=CC(CC(=O)O)C(=O)[O-].[Na+]. The van der Waals surface area contributed by atoms with Gasteiger partial charge in [-0.25, -0.2) is 0 Å². The van der Waals surface area contributed by atoms with Crippen LogP contribution in [-0.4, -0.2) is 17.0 Å². The zero-order valence-electron chi connectivity index (χ0n) is 13.5. The summed E-state index contributed by atoms with van der Waals surface area (Å²) in [5.41, 5.74) is 0. The molecule has 0 aromatic carbocycles. The Kier molecular flexibility index (Phi) is 17.6. The van der Waals surface area contributed by atoms with Crippen LogP contribution in [0, 0.1) is 5.92 Å². The Morgan fingerprint density at radius 1 is 1.05 bits per heavy atom. The Balaban J connectivity index is 0. The first kappa shape index (κ1) is 23.0. The van der Waals surface area contributed by atoms with E-state index in [2.05, 4.69) is 6.92 Å². The van der Waals surface area contributed by atoms with Gasteiger partial charge in [0.15, 0.2) is 0 Å². The van der Waals surface area contributed by atoms with Gasteiger partial charge in [-0.05, 0) is 12.8 Å². The van der Waals surface area contributed by atoms with Crippen molar-refractivity contribution < 1.29 is 49.4 Å². The molecule has 0 aromatic rings. The first-order valence-corrected chi connectivity index (χ1v) is 7.67. The molecular weight excluding hydrogens is 279 g/mol. The van der Waals surface area contributed by atoms with Gasteiger partial charge in [0.25, 0.3) is 0 Å². The Morgan fingerprint density at radius 3 is 2.05 bits per heavy atom. The van der Waals surface area contributed by atoms with E-state index in [0.717, 1.165) is 19.3 Å². The van der Waals surface area contributed by atoms with E-state index in [4.69, 9.17) is 5.11 Å². The van der Waals surface area contributed by atoms with Crippen LogP contribution in [0.15, 0.2) is 12.2 Å². The van der Waals surface area contributed by atoms with E-state index in [9.17, 15) is 14.7 Å². The molecular formula is C16H27NaO4. The van der Waals surface area contributed by atoms with Gasteiger partial charge in [-0.3, -0.25) is 4.79 Å². The molecule has 116 valence electrons. The number of rotatable bonds is 13. The summed E-state index contributed by atoms with van der Waals surface area (Å²) in [6.07, 6.45) is 13.5. The molecule has 1 unspecified atom stereocenters. The van der Waals surface area contributed by atoms with E-state index in [1.54, 1.807) is 6.08 Å². The number of carboxylic acids is 2. The van der Waals surface area contributed by atoms with Crippen LogP contribution in [0.4, 0.5) is 0 Å². The summed E-state index contributed by atoms with van der Waals surface area (Å²) >= 11 is 0. The smallest absolute Gasteiger partial charge is 0.550 e. The maximum absolute atomic E-state index is 10.7. The van der Waals surface area contributed by atoms with Crippen molar-refractivity contribution in [3.05, 3.63) is 12.2 Å². The molecule has 0 rings (SSSR count). The topological polar surface area (TPSA) is 77.4 Å². The van der Waals surface area contributed by atoms with E-state index in [1.807, 2.05) is 0 Å². The van der Waals surface area contributed by atoms with Crippen LogP contribution in [-0.2, 0) is 9.59 Å². The van der Waals surface area contributed by atoms with E-state index in [0.29, 0.717) is 0 Å². The Bertz CT molecular complexity index is 303. The Morgan fingerprint density at radius 2 is 1.57 bits per heavy atom. The third-order valence-electron chi connectivity index (χ3n) is 3.29. The molecule has 0 aromatic heterocycles. The molecule has 0 fully saturated rings. The zero-order chi connectivity index (χ0) is 15.2. The van der Waals surface area contributed by atoms with E-state index < -0.39 is 24.3 Å². The third kappa shape index (κ3) is 15.9. The van der Waals surface area contributed by atoms with Gasteiger partial charge >= 0.3 is 35.5 Å². The van der Waals surface area contributed by atoms with Crippen molar-refractivity contribution in [1.29, 1.82) is 0 Å². The third-order valence-corrected chi connectivity index (χ3v) is 3.29. The normalized spacial score (nSPS) is 12.0. The van der Waals surface area contributed by atoms with Gasteiger partial charge in [-0.1, -0.05) is 64.0 Å². The molecule has 0 spiro atoms. The molecule has 0 saturated carbocycles. The van der Waals surface area contributed by atoms with Gasteiger partial charge in [0.1, 0.15) is 0 Å². The zero-order valence-corrected chi connectivity index (χ0v) is 15.5. The van der Waals surface area contributed by atoms with Gasteiger partial charge in [0.05, 0.1) is 6.42 Å². The van der Waals surface area contributed by atoms with Crippen molar-refractivity contribution in [1.82, 2.24) is 0 Å². The molecule has 1 N–H and O–H groups in total. The molecule has 5 heteroatoms. The van der Waals surface area contributed by atoms with Gasteiger partial charge < -0.3 is 15.0 Å². The summed E-state index contributed by atoms with van der Waals surface area (Å²) in [5.74, 6) is -3.45. The first-order chi connectivity index (χ1) is 9.57. The van der Waals surface area contributed by atoms with Crippen molar-refractivity contribution >= 4 is 11.9 Å². The van der Waals surface area contributed by atoms with Gasteiger partial charge in [-0.15, -0.1) is 0 Å². The fourth-order valence-electron chi connectivity index (χ4n) is 2.07. The number of carbonyl (C=O) groups excluding carboxylic acids is 1. The summed E-state index contributed by atoms with van der Waals surface area (Å²) in [5, 5.41) is 19.3. The standard InChI is InChI=1S/C16H28O4.Na/c1-2-3-4-5-6-7-8-9-10-11-12-14(16(19)20)13-15(17)18;/h11-12,14H,2-10,13H2,1H3,(H,17,18)(H,19,20);/q;+1/p-1. The van der Waals surface area contributed by atoms with Gasteiger partial charge in [0.2, 0.25) is 0 Å². The molecule has 0 aliphatic carbocycles. The summed E-state index contributed by atoms with van der Waals surface area (Å²) in [6.45, 7) is 2.20. The second kappa shape index (κ2) is 16.1. The minimum atomic E-state index is -1.32. The fraction of sp³-hybridized carbons (Fsp3) is 0.750. The van der Waals surface area contributed by atoms with Crippen LogP contribution in [0.5, 0.6) is 0 Å². The summed E-state index contributed by atoms with van der Waals surface area (Å²) in [6, 6.07) is 0. The Hall–Kier alpha value is -0.320. The quantitative estimate of drug-likeness (QED) is 0.293. The molecule has 0 heterocycles. The van der Waals surface area contributed by atoms with Crippen molar-refractivity contribution in [3.63, 3.8) is 0 Å². The molecule has 4 nitrogen and oxygen atoms in total. The second-order valence-corrected chi connectivity index (χ2v) is 5.22. The minimum Gasteiger partial charge on any atom is -0.550 e. The van der Waals surface area contributed by atoms with Crippen LogP contribution in [0.3, 0.4) is 0 Å². The number of hydrogen-bond donors (Lipinski definition) is 1. The summed E-state index contributed by atoms with van der Waals surface area (Å²) in [4.78, 5) is 21.2. The van der Waals surface area contributed by atoms with E-state index >= 15 is 0 Å². The van der Waals surface area contributed by atoms with Crippen molar-refractivity contribution in [2.75, 3.05) is 0 Å². The maximum atomic E-state index is 10.7. The molecule has 0 aliphatic heterocycles. The second-order valence-electron chi connectivity index (χ2n) is 5.22. The number of carboxylic acid groups (broad SMARTS) is 2. The van der Waals surface area contributed by atoms with Gasteiger partial charge in [-0.2, -0.15) is 0 Å². The molecule has 1 atom stereocenters. The predicted molar refractivity (Wildman–Crippen MR) is 77.1 cm³/mol. The molecule has 0 amide bonds. The molecule has 0 bridgehead atoms. The number of allylic oxidation sites excluding steroid dienone is 1. The monoisotopic (exact) mass is 306 g/mol. The minimum absolute atomic E-state index is 0. The average Bonchev–Trinajstić information content (AvgIpc) is 2.39. The number of aliphatic carboxylic acids is 2. The van der Waals surface area contributed by atoms with Crippen LogP contribution in [0.1, 0.15) is 71.1 Å². The predicted octanol–water partition coefficient (Wildman–Crippen LogP) is -0.0818. The fourth-order valence-corrected chi connectivity index (χ4v) is 2.07. The van der Waals surface area contributed by atoms with Crippen molar-refractivity contribution in [2.24, 2.45) is 5.92 Å². The Labute approximate surface area is 150 Å². The molecule has 0 saturated heterocycles. The average molecular weight is 306 g/mol. The van der Waals surface area contributed by atoms with Crippen LogP contribution in [0.2, 0.25) is 0 Å². The number of hydrogen-bond acceptors (Lipinski definition) is 3. The molecule has 21 heavy (non-hydrogen) atoms. The first-order valence-electron chi connectivity index (χ1n) is 7.67. The molecule has 0 radical (unpaired) electrons. The van der Waals surface area contributed by atoms with E-state index in [1.165, 1.54) is 44.6 Å². The molecule has 0 aliphatic rings. The number of unbranched alkanes of at least 4 members (excludes halogenated alkanes) is 8. The van der Waals surface area contributed by atoms with E-state index in [-0.39, 0.29) is 29.6 Å². The number of carbonyl (C=O) groups is 2. The van der Waals surface area contributed by atoms with Gasteiger partial charge in [0, 0.05) is 11.9 Å². The summed E-state index contributed by atoms with van der Waals surface area (Å²) < 4.78 is 0. The summed E-state index contributed by atoms with van der Waals surface area (Å²) in [7, 11) is 0. The van der Waals surface area contributed by atoms with Crippen molar-refractivity contribution in [2.45, 2.75) is 71.1 Å².